The van der Waals surface area contributed by atoms with Gasteiger partial charge in [-0.2, -0.15) is 0 Å². The molecule has 2 aromatic carbocycles. The molecule has 4 rings (SSSR count). The lowest BCUT2D eigenvalue weighted by Crippen LogP contribution is -2.39. The number of carbonyl (C=O) groups is 2. The topological polar surface area (TPSA) is 49.4 Å². The van der Waals surface area contributed by atoms with E-state index in [4.69, 9.17) is 0 Å². The Kier molecular flexibility index (Phi) is 5.60. The van der Waals surface area contributed by atoms with Gasteiger partial charge in [-0.25, -0.2) is 8.78 Å². The second kappa shape index (κ2) is 8.31. The number of nitrogens with one attached hydrogen (secondary N) is 1. The lowest BCUT2D eigenvalue weighted by molar-refractivity contribution is -0.136. The summed E-state index contributed by atoms with van der Waals surface area (Å²) in [4.78, 5) is 27.2. The fourth-order valence-electron chi connectivity index (χ4n) is 4.48. The van der Waals surface area contributed by atoms with Crippen molar-refractivity contribution in [3.05, 3.63) is 65.2 Å². The normalized spacial score (nSPS) is 19.6. The second-order valence-electron chi connectivity index (χ2n) is 7.94. The van der Waals surface area contributed by atoms with Crippen LogP contribution in [0.4, 0.5) is 14.5 Å². The lowest BCUT2D eigenvalue weighted by Gasteiger charge is -2.31. The molecule has 0 spiro atoms. The maximum atomic E-state index is 14.1. The van der Waals surface area contributed by atoms with Crippen molar-refractivity contribution < 1.29 is 18.4 Å². The quantitative estimate of drug-likeness (QED) is 0.804. The standard InChI is InChI=1S/C23H24F2N2O2/c24-17-8-6-16(7-9-17)23-19-13-18(25)10-11-20(19)26-21(28)14-27(23)22(29)12-5-15-3-1-2-4-15/h6-11,13,15,23H,1-5,12,14H2,(H,26,28)/t23-/m1/s1. The van der Waals surface area contributed by atoms with Gasteiger partial charge in [-0.1, -0.05) is 37.8 Å². The van der Waals surface area contributed by atoms with Crippen molar-refractivity contribution in [3.63, 3.8) is 0 Å². The molecule has 2 amide bonds. The first-order valence-electron chi connectivity index (χ1n) is 10.2. The summed E-state index contributed by atoms with van der Waals surface area (Å²) in [7, 11) is 0. The van der Waals surface area contributed by atoms with E-state index in [9.17, 15) is 18.4 Å². The number of carbonyl (C=O) groups excluding carboxylic acids is 2. The second-order valence-corrected chi connectivity index (χ2v) is 7.94. The molecule has 0 unspecified atom stereocenters. The first-order valence-corrected chi connectivity index (χ1v) is 10.2. The number of nitrogens with zero attached hydrogens (tertiary/aromatic N) is 1. The molecule has 1 atom stereocenters. The highest BCUT2D eigenvalue weighted by Gasteiger charge is 2.34. The summed E-state index contributed by atoms with van der Waals surface area (Å²) in [5, 5.41) is 2.77. The zero-order chi connectivity index (χ0) is 20.4. The molecule has 1 aliphatic carbocycles. The van der Waals surface area contributed by atoms with Gasteiger partial charge in [-0.05, 0) is 48.2 Å². The molecule has 1 fully saturated rings. The number of fused-ring (bicyclic) bond motifs is 1. The predicted molar refractivity (Wildman–Crippen MR) is 106 cm³/mol. The number of rotatable bonds is 4. The molecule has 4 nitrogen and oxygen atoms in total. The van der Waals surface area contributed by atoms with Crippen molar-refractivity contribution >= 4 is 17.5 Å². The summed E-state index contributed by atoms with van der Waals surface area (Å²) in [5.41, 5.74) is 1.61. The maximum Gasteiger partial charge on any atom is 0.244 e. The van der Waals surface area contributed by atoms with E-state index in [1.807, 2.05) is 0 Å². The molecule has 0 aromatic heterocycles. The van der Waals surface area contributed by atoms with Gasteiger partial charge in [-0.15, -0.1) is 0 Å². The number of anilines is 1. The molecule has 0 radical (unpaired) electrons. The molecule has 2 aliphatic rings. The van der Waals surface area contributed by atoms with Gasteiger partial charge in [0, 0.05) is 17.7 Å². The van der Waals surface area contributed by atoms with Crippen molar-refractivity contribution in [2.75, 3.05) is 11.9 Å². The Bertz CT molecular complexity index is 908. The number of hydrogen-bond donors (Lipinski definition) is 1. The number of amides is 2. The third-order valence-corrected chi connectivity index (χ3v) is 5.96. The number of benzene rings is 2. The van der Waals surface area contributed by atoms with Crippen LogP contribution in [0.3, 0.4) is 0 Å². The third kappa shape index (κ3) is 4.31. The fourth-order valence-corrected chi connectivity index (χ4v) is 4.48. The Morgan fingerprint density at radius 2 is 1.72 bits per heavy atom. The van der Waals surface area contributed by atoms with Gasteiger partial charge >= 0.3 is 0 Å². The first-order chi connectivity index (χ1) is 14.0. The highest BCUT2D eigenvalue weighted by molar-refractivity contribution is 5.97. The van der Waals surface area contributed by atoms with E-state index >= 15 is 0 Å². The largest absolute Gasteiger partial charge is 0.324 e. The summed E-state index contributed by atoms with van der Waals surface area (Å²) in [6.45, 7) is -0.123. The van der Waals surface area contributed by atoms with Crippen LogP contribution in [-0.4, -0.2) is 23.3 Å². The van der Waals surface area contributed by atoms with Crippen molar-refractivity contribution in [2.24, 2.45) is 5.92 Å². The molecular formula is C23H24F2N2O2. The third-order valence-electron chi connectivity index (χ3n) is 5.96. The molecular weight excluding hydrogens is 374 g/mol. The zero-order valence-corrected chi connectivity index (χ0v) is 16.2. The van der Waals surface area contributed by atoms with E-state index in [-0.39, 0.29) is 18.4 Å². The van der Waals surface area contributed by atoms with Crippen LogP contribution in [0.1, 0.15) is 55.7 Å². The Morgan fingerprint density at radius 1 is 1.03 bits per heavy atom. The van der Waals surface area contributed by atoms with Gasteiger partial charge in [0.1, 0.15) is 18.2 Å². The molecule has 1 saturated carbocycles. The summed E-state index contributed by atoms with van der Waals surface area (Å²) in [5.74, 6) is -0.760. The minimum Gasteiger partial charge on any atom is -0.324 e. The average Bonchev–Trinajstić information content (AvgIpc) is 3.17. The molecule has 6 heteroatoms. The van der Waals surface area contributed by atoms with Crippen LogP contribution in [0, 0.1) is 17.6 Å². The highest BCUT2D eigenvalue weighted by atomic mass is 19.1. The van der Waals surface area contributed by atoms with Crippen LogP contribution in [0.15, 0.2) is 42.5 Å². The Balaban J connectivity index is 1.70. The van der Waals surface area contributed by atoms with E-state index in [1.165, 1.54) is 48.1 Å². The Hall–Kier alpha value is -2.76. The van der Waals surface area contributed by atoms with E-state index in [0.29, 0.717) is 29.2 Å². The van der Waals surface area contributed by atoms with Crippen LogP contribution in [0.2, 0.25) is 0 Å². The summed E-state index contributed by atoms with van der Waals surface area (Å²) >= 11 is 0. The number of hydrogen-bond acceptors (Lipinski definition) is 2. The van der Waals surface area contributed by atoms with Crippen molar-refractivity contribution in [2.45, 2.75) is 44.6 Å². The van der Waals surface area contributed by atoms with Crippen LogP contribution < -0.4 is 5.32 Å². The fraction of sp³-hybridized carbons (Fsp3) is 0.391. The Morgan fingerprint density at radius 3 is 2.45 bits per heavy atom. The molecule has 1 N–H and O–H groups in total. The van der Waals surface area contributed by atoms with E-state index in [1.54, 1.807) is 12.1 Å². The van der Waals surface area contributed by atoms with Crippen molar-refractivity contribution in [3.8, 4) is 0 Å². The summed E-state index contributed by atoms with van der Waals surface area (Å²) < 4.78 is 27.6. The minimum atomic E-state index is -0.656. The van der Waals surface area contributed by atoms with Gasteiger partial charge in [-0.3, -0.25) is 9.59 Å². The van der Waals surface area contributed by atoms with Gasteiger partial charge in [0.2, 0.25) is 11.8 Å². The van der Waals surface area contributed by atoms with E-state index in [0.717, 1.165) is 19.3 Å². The highest BCUT2D eigenvalue weighted by Crippen LogP contribution is 2.37. The van der Waals surface area contributed by atoms with Gasteiger partial charge in [0.05, 0.1) is 6.04 Å². The molecule has 1 heterocycles. The minimum absolute atomic E-state index is 0.123. The Labute approximate surface area is 168 Å². The molecule has 2 aromatic rings. The molecule has 29 heavy (non-hydrogen) atoms. The first kappa shape index (κ1) is 19.6. The maximum absolute atomic E-state index is 14.1. The van der Waals surface area contributed by atoms with Crippen LogP contribution in [-0.2, 0) is 9.59 Å². The molecule has 0 saturated heterocycles. The van der Waals surface area contributed by atoms with Crippen LogP contribution >= 0.6 is 0 Å². The van der Waals surface area contributed by atoms with Gasteiger partial charge in [0.15, 0.2) is 0 Å². The van der Waals surface area contributed by atoms with Gasteiger partial charge < -0.3 is 10.2 Å². The SMILES string of the molecule is O=C1CN(C(=O)CCC2CCCC2)[C@H](c2ccc(F)cc2)c2cc(F)ccc2N1. The summed E-state index contributed by atoms with van der Waals surface area (Å²) in [6, 6.07) is 9.27. The van der Waals surface area contributed by atoms with Crippen molar-refractivity contribution in [1.82, 2.24) is 4.90 Å². The van der Waals surface area contributed by atoms with E-state index in [2.05, 4.69) is 5.32 Å². The predicted octanol–water partition coefficient (Wildman–Crippen LogP) is 4.81. The smallest absolute Gasteiger partial charge is 0.244 e. The van der Waals surface area contributed by atoms with E-state index < -0.39 is 17.7 Å². The average molecular weight is 398 g/mol. The monoisotopic (exact) mass is 398 g/mol. The molecule has 0 bridgehead atoms. The van der Waals surface area contributed by atoms with Crippen molar-refractivity contribution in [1.29, 1.82) is 0 Å². The van der Waals surface area contributed by atoms with Crippen LogP contribution in [0.5, 0.6) is 0 Å². The zero-order valence-electron chi connectivity index (χ0n) is 16.2. The van der Waals surface area contributed by atoms with Crippen LogP contribution in [0.25, 0.3) is 0 Å². The number of halogens is 2. The molecule has 1 aliphatic heterocycles. The molecule has 152 valence electrons. The lowest BCUT2D eigenvalue weighted by atomic mass is 9.94. The van der Waals surface area contributed by atoms with Gasteiger partial charge in [0.25, 0.3) is 0 Å². The summed E-state index contributed by atoms with van der Waals surface area (Å²) in [6.07, 6.45) is 5.83.